The van der Waals surface area contributed by atoms with Crippen LogP contribution in [0.3, 0.4) is 0 Å². The van der Waals surface area contributed by atoms with Crippen molar-refractivity contribution in [2.45, 2.75) is 39.5 Å². The molecule has 0 heterocycles. The molecule has 0 aromatic heterocycles. The van der Waals surface area contributed by atoms with E-state index in [1.165, 1.54) is 37.0 Å². The second kappa shape index (κ2) is 4.56. The number of fused-ring (bicyclic) bond motifs is 7. The molecule has 0 aromatic rings. The monoisotopic (exact) mass is 328 g/mol. The maximum atomic E-state index is 13.3. The van der Waals surface area contributed by atoms with E-state index in [0.717, 1.165) is 5.92 Å². The van der Waals surface area contributed by atoms with Crippen LogP contribution < -0.4 is 0 Å². The van der Waals surface area contributed by atoms with Gasteiger partial charge in [-0.2, -0.15) is 11.8 Å². The molecule has 3 saturated carbocycles. The van der Waals surface area contributed by atoms with Crippen LogP contribution >= 0.6 is 11.8 Å². The van der Waals surface area contributed by atoms with Crippen LogP contribution in [0.1, 0.15) is 39.5 Å². The lowest BCUT2D eigenvalue weighted by molar-refractivity contribution is -0.120. The third-order valence-electron chi connectivity index (χ3n) is 8.69. The molecule has 5 aliphatic carbocycles. The highest BCUT2D eigenvalue weighted by atomic mass is 32.2. The fourth-order valence-corrected chi connectivity index (χ4v) is 8.57. The number of hydrogen-bond donors (Lipinski definition) is 0. The zero-order chi connectivity index (χ0) is 16.0. The van der Waals surface area contributed by atoms with Crippen molar-refractivity contribution < 1.29 is 4.79 Å². The molecule has 1 nitrogen and oxygen atoms in total. The molecule has 0 aliphatic heterocycles. The van der Waals surface area contributed by atoms with E-state index in [0.29, 0.717) is 46.2 Å². The van der Waals surface area contributed by atoms with Crippen LogP contribution in [0.5, 0.6) is 0 Å². The number of ketones is 1. The molecular weight excluding hydrogens is 300 g/mol. The van der Waals surface area contributed by atoms with Gasteiger partial charge in [0.05, 0.1) is 0 Å². The molecular formula is C21H28OS. The molecule has 124 valence electrons. The summed E-state index contributed by atoms with van der Waals surface area (Å²) in [6.45, 7) is 4.99. The summed E-state index contributed by atoms with van der Waals surface area (Å²) in [4.78, 5) is 13.3. The van der Waals surface area contributed by atoms with E-state index in [-0.39, 0.29) is 0 Å². The van der Waals surface area contributed by atoms with Crippen LogP contribution in [0.25, 0.3) is 0 Å². The van der Waals surface area contributed by atoms with Gasteiger partial charge in [-0.15, -0.1) is 0 Å². The topological polar surface area (TPSA) is 17.1 Å². The van der Waals surface area contributed by atoms with Gasteiger partial charge in [0.1, 0.15) is 0 Å². The van der Waals surface area contributed by atoms with E-state index in [4.69, 9.17) is 0 Å². The van der Waals surface area contributed by atoms with Gasteiger partial charge >= 0.3 is 0 Å². The predicted molar refractivity (Wildman–Crippen MR) is 96.2 cm³/mol. The van der Waals surface area contributed by atoms with Crippen molar-refractivity contribution in [1.29, 1.82) is 0 Å². The number of rotatable bonds is 3. The first-order valence-electron chi connectivity index (χ1n) is 9.43. The first-order chi connectivity index (χ1) is 11.0. The molecule has 0 aromatic carbocycles. The average molecular weight is 329 g/mol. The summed E-state index contributed by atoms with van der Waals surface area (Å²) in [7, 11) is 0. The van der Waals surface area contributed by atoms with Crippen LogP contribution in [0.2, 0.25) is 0 Å². The first-order valence-corrected chi connectivity index (χ1v) is 10.8. The minimum absolute atomic E-state index is 0.313. The smallest absolute Gasteiger partial charge is 0.163 e. The van der Waals surface area contributed by atoms with Crippen molar-refractivity contribution in [2.75, 3.05) is 12.0 Å². The van der Waals surface area contributed by atoms with Gasteiger partial charge in [0, 0.05) is 5.92 Å². The molecule has 0 N–H and O–H groups in total. The van der Waals surface area contributed by atoms with E-state index in [2.05, 4.69) is 38.3 Å². The van der Waals surface area contributed by atoms with Gasteiger partial charge in [-0.25, -0.2) is 0 Å². The third kappa shape index (κ3) is 1.60. The standard InChI is InChI=1S/C21H28OS/c1-20(2)14-6-7-21(20,11-23-3)17(9-14)16-10-15-12-4-5-13(8-12)18(15)19(16)22/h4-5,10,12-15,17-18H,6-9,11H2,1-3H3/t12?,13?,14-,15?,17-,18?,21-/m1/s1. The number of allylic oxidation sites excluding steroid dienone is 4. The van der Waals surface area contributed by atoms with Gasteiger partial charge in [0.2, 0.25) is 0 Å². The van der Waals surface area contributed by atoms with Crippen molar-refractivity contribution in [3.05, 3.63) is 23.8 Å². The van der Waals surface area contributed by atoms with Crippen LogP contribution in [0.4, 0.5) is 0 Å². The van der Waals surface area contributed by atoms with Crippen molar-refractivity contribution in [3.63, 3.8) is 0 Å². The predicted octanol–water partition coefficient (Wildman–Crippen LogP) is 4.74. The van der Waals surface area contributed by atoms with Crippen LogP contribution in [0.15, 0.2) is 23.8 Å². The van der Waals surface area contributed by atoms with E-state index in [9.17, 15) is 4.79 Å². The molecule has 5 rings (SSSR count). The van der Waals surface area contributed by atoms with Crippen molar-refractivity contribution >= 4 is 17.5 Å². The molecule has 23 heavy (non-hydrogen) atoms. The van der Waals surface area contributed by atoms with Crippen LogP contribution in [-0.4, -0.2) is 17.8 Å². The van der Waals surface area contributed by atoms with Crippen molar-refractivity contribution in [3.8, 4) is 0 Å². The number of carbonyl (C=O) groups excluding carboxylic acids is 1. The molecule has 7 atom stereocenters. The third-order valence-corrected chi connectivity index (χ3v) is 9.49. The Morgan fingerprint density at radius 3 is 2.70 bits per heavy atom. The molecule has 5 aliphatic rings. The van der Waals surface area contributed by atoms with Gasteiger partial charge in [-0.05, 0) is 83.7 Å². The van der Waals surface area contributed by atoms with Gasteiger partial charge in [-0.1, -0.05) is 32.1 Å². The van der Waals surface area contributed by atoms with E-state index in [1.54, 1.807) is 0 Å². The zero-order valence-corrected chi connectivity index (χ0v) is 15.4. The summed E-state index contributed by atoms with van der Waals surface area (Å²) < 4.78 is 0. The maximum absolute atomic E-state index is 13.3. The quantitative estimate of drug-likeness (QED) is 0.696. The highest BCUT2D eigenvalue weighted by molar-refractivity contribution is 7.98. The Morgan fingerprint density at radius 2 is 2.00 bits per heavy atom. The summed E-state index contributed by atoms with van der Waals surface area (Å²) in [6.07, 6.45) is 14.7. The normalized spacial score (nSPS) is 51.6. The lowest BCUT2D eigenvalue weighted by Crippen LogP contribution is -2.40. The van der Waals surface area contributed by atoms with Crippen LogP contribution in [0, 0.1) is 46.3 Å². The maximum Gasteiger partial charge on any atom is 0.163 e. The molecule has 0 saturated heterocycles. The Bertz CT molecular complexity index is 630. The fourth-order valence-electron chi connectivity index (χ4n) is 7.33. The van der Waals surface area contributed by atoms with Crippen molar-refractivity contribution in [1.82, 2.24) is 0 Å². The molecule has 0 radical (unpaired) electrons. The first kappa shape index (κ1) is 14.8. The van der Waals surface area contributed by atoms with Crippen molar-refractivity contribution in [2.24, 2.45) is 46.3 Å². The van der Waals surface area contributed by atoms with Gasteiger partial charge in [-0.3, -0.25) is 4.79 Å². The SMILES string of the molecule is CSC[C@]12CC[C@H](C[C@@H]1C1=CC3C4C=CC(C4)C3C1=O)C2(C)C. The Balaban J connectivity index is 1.53. The van der Waals surface area contributed by atoms with E-state index in [1.807, 2.05) is 11.8 Å². The second-order valence-electron chi connectivity index (χ2n) is 9.37. The second-order valence-corrected chi connectivity index (χ2v) is 10.2. The van der Waals surface area contributed by atoms with Gasteiger partial charge in [0.25, 0.3) is 0 Å². The summed E-state index contributed by atoms with van der Waals surface area (Å²) in [5, 5.41) is 0. The Morgan fingerprint density at radius 1 is 1.22 bits per heavy atom. The summed E-state index contributed by atoms with van der Waals surface area (Å²) >= 11 is 2.00. The minimum Gasteiger partial charge on any atom is -0.294 e. The van der Waals surface area contributed by atoms with E-state index < -0.39 is 0 Å². The molecule has 4 unspecified atom stereocenters. The Kier molecular flexibility index (Phi) is 2.94. The zero-order valence-electron chi connectivity index (χ0n) is 14.5. The largest absolute Gasteiger partial charge is 0.294 e. The summed E-state index contributed by atoms with van der Waals surface area (Å²) in [5.41, 5.74) is 2.03. The molecule has 3 fully saturated rings. The van der Waals surface area contributed by atoms with Gasteiger partial charge in [0.15, 0.2) is 5.78 Å². The summed E-state index contributed by atoms with van der Waals surface area (Å²) in [6, 6.07) is 0. The molecule has 0 amide bonds. The number of hydrogen-bond acceptors (Lipinski definition) is 2. The lowest BCUT2D eigenvalue weighted by Gasteiger charge is -2.43. The molecule has 2 heteroatoms. The van der Waals surface area contributed by atoms with Gasteiger partial charge < -0.3 is 0 Å². The fraction of sp³-hybridized carbons (Fsp3) is 0.762. The lowest BCUT2D eigenvalue weighted by atomic mass is 9.64. The number of Topliss-reactive ketones (excluding diaryl/α,β-unsaturated/α-hetero) is 1. The number of carbonyl (C=O) groups is 1. The molecule has 4 bridgehead atoms. The Hall–Kier alpha value is -0.500. The minimum atomic E-state index is 0.313. The highest BCUT2D eigenvalue weighted by Crippen LogP contribution is 2.71. The Labute approximate surface area is 144 Å². The molecule has 0 spiro atoms. The highest BCUT2D eigenvalue weighted by Gasteiger charge is 2.66. The van der Waals surface area contributed by atoms with E-state index >= 15 is 0 Å². The summed E-state index contributed by atoms with van der Waals surface area (Å²) in [5.74, 6) is 5.20. The van der Waals surface area contributed by atoms with Crippen LogP contribution in [-0.2, 0) is 4.79 Å². The number of thioether (sulfide) groups is 1. The average Bonchev–Trinajstić information content (AvgIpc) is 3.27.